The molecular formula is C18H20N2OS. The fourth-order valence-corrected chi connectivity index (χ4v) is 3.47. The maximum Gasteiger partial charge on any atom is 0.270 e. The van der Waals surface area contributed by atoms with Gasteiger partial charge in [0.05, 0.1) is 6.54 Å². The van der Waals surface area contributed by atoms with E-state index in [0.717, 1.165) is 16.6 Å². The molecule has 114 valence electrons. The number of thiophene rings is 1. The zero-order chi connectivity index (χ0) is 15.7. The van der Waals surface area contributed by atoms with Crippen molar-refractivity contribution in [2.45, 2.75) is 20.4 Å². The van der Waals surface area contributed by atoms with Crippen LogP contribution in [-0.2, 0) is 13.6 Å². The summed E-state index contributed by atoms with van der Waals surface area (Å²) in [5, 5.41) is 3.17. The van der Waals surface area contributed by atoms with Gasteiger partial charge in [-0.05, 0) is 43.5 Å². The standard InChI is InChI=1S/C18H20N2OS/c1-4-20(12-15-6-5-9-22-15)18(21)17-11-14-10-13(2)7-8-16(14)19(17)3/h5-11H,4,12H2,1-3H3. The van der Waals surface area contributed by atoms with E-state index in [0.29, 0.717) is 13.1 Å². The van der Waals surface area contributed by atoms with E-state index < -0.39 is 0 Å². The highest BCUT2D eigenvalue weighted by Crippen LogP contribution is 2.22. The second-order valence-corrected chi connectivity index (χ2v) is 6.58. The number of carbonyl (C=O) groups is 1. The molecule has 0 aliphatic rings. The first-order valence-corrected chi connectivity index (χ1v) is 8.36. The van der Waals surface area contributed by atoms with E-state index >= 15 is 0 Å². The maximum absolute atomic E-state index is 12.9. The second kappa shape index (κ2) is 5.97. The summed E-state index contributed by atoms with van der Waals surface area (Å²) in [7, 11) is 1.96. The van der Waals surface area contributed by atoms with Crippen molar-refractivity contribution >= 4 is 28.1 Å². The number of hydrogen-bond donors (Lipinski definition) is 0. The third kappa shape index (κ3) is 2.66. The number of carbonyl (C=O) groups excluding carboxylic acids is 1. The minimum Gasteiger partial charge on any atom is -0.340 e. The summed E-state index contributed by atoms with van der Waals surface area (Å²) >= 11 is 1.69. The Morgan fingerprint density at radius 2 is 2.09 bits per heavy atom. The number of benzene rings is 1. The van der Waals surface area contributed by atoms with Crippen LogP contribution in [0.15, 0.2) is 41.8 Å². The van der Waals surface area contributed by atoms with E-state index in [1.807, 2.05) is 41.0 Å². The Hall–Kier alpha value is -2.07. The molecule has 0 N–H and O–H groups in total. The first-order valence-electron chi connectivity index (χ1n) is 7.48. The van der Waals surface area contributed by atoms with Gasteiger partial charge in [0.25, 0.3) is 5.91 Å². The van der Waals surface area contributed by atoms with Gasteiger partial charge >= 0.3 is 0 Å². The molecule has 4 heteroatoms. The van der Waals surface area contributed by atoms with Crippen LogP contribution in [0.5, 0.6) is 0 Å². The van der Waals surface area contributed by atoms with Crippen molar-refractivity contribution in [3.05, 3.63) is 57.9 Å². The number of rotatable bonds is 4. The summed E-state index contributed by atoms with van der Waals surface area (Å²) in [6.07, 6.45) is 0. The predicted octanol–water partition coefficient (Wildman–Crippen LogP) is 4.21. The molecule has 0 atom stereocenters. The average molecular weight is 312 g/mol. The van der Waals surface area contributed by atoms with Gasteiger partial charge in [-0.25, -0.2) is 0 Å². The van der Waals surface area contributed by atoms with Gasteiger partial charge in [-0.2, -0.15) is 0 Å². The molecule has 22 heavy (non-hydrogen) atoms. The molecule has 1 aromatic carbocycles. The van der Waals surface area contributed by atoms with Gasteiger partial charge < -0.3 is 9.47 Å². The third-order valence-electron chi connectivity index (χ3n) is 4.01. The SMILES string of the molecule is CCN(Cc1cccs1)C(=O)c1cc2cc(C)ccc2n1C. The smallest absolute Gasteiger partial charge is 0.270 e. The summed E-state index contributed by atoms with van der Waals surface area (Å²) in [6, 6.07) is 12.4. The molecule has 3 rings (SSSR count). The number of aromatic nitrogens is 1. The number of aryl methyl sites for hydroxylation is 2. The molecule has 3 aromatic rings. The number of fused-ring (bicyclic) bond motifs is 1. The van der Waals surface area contributed by atoms with Crippen molar-refractivity contribution in [2.24, 2.45) is 7.05 Å². The summed E-state index contributed by atoms with van der Waals surface area (Å²) in [4.78, 5) is 16.0. The Morgan fingerprint density at radius 3 is 2.77 bits per heavy atom. The Labute approximate surface area is 134 Å². The maximum atomic E-state index is 12.9. The van der Waals surface area contributed by atoms with Gasteiger partial charge in [-0.15, -0.1) is 11.3 Å². The van der Waals surface area contributed by atoms with Crippen molar-refractivity contribution in [3.63, 3.8) is 0 Å². The van der Waals surface area contributed by atoms with Crippen molar-refractivity contribution in [3.8, 4) is 0 Å². The van der Waals surface area contributed by atoms with Crippen LogP contribution >= 0.6 is 11.3 Å². The quantitative estimate of drug-likeness (QED) is 0.708. The molecule has 0 saturated carbocycles. The fraction of sp³-hybridized carbons (Fsp3) is 0.278. The molecule has 0 spiro atoms. The van der Waals surface area contributed by atoms with E-state index in [-0.39, 0.29) is 5.91 Å². The molecular weight excluding hydrogens is 292 g/mol. The van der Waals surface area contributed by atoms with Gasteiger partial charge in [-0.1, -0.05) is 17.7 Å². The molecule has 2 aromatic heterocycles. The highest BCUT2D eigenvalue weighted by molar-refractivity contribution is 7.09. The lowest BCUT2D eigenvalue weighted by molar-refractivity contribution is 0.0745. The number of hydrogen-bond acceptors (Lipinski definition) is 2. The average Bonchev–Trinajstić information content (AvgIpc) is 3.12. The minimum absolute atomic E-state index is 0.0900. The van der Waals surface area contributed by atoms with Gasteiger partial charge in [0.1, 0.15) is 5.69 Å². The Kier molecular flexibility index (Phi) is 4.03. The van der Waals surface area contributed by atoms with Crippen LogP contribution in [0, 0.1) is 6.92 Å². The third-order valence-corrected chi connectivity index (χ3v) is 4.87. The topological polar surface area (TPSA) is 25.2 Å². The normalized spacial score (nSPS) is 11.0. The predicted molar refractivity (Wildman–Crippen MR) is 92.4 cm³/mol. The lowest BCUT2D eigenvalue weighted by Gasteiger charge is -2.20. The summed E-state index contributed by atoms with van der Waals surface area (Å²) in [5.41, 5.74) is 3.06. The Bertz CT molecular complexity index is 802. The molecule has 1 amide bonds. The molecule has 3 nitrogen and oxygen atoms in total. The molecule has 0 aliphatic carbocycles. The highest BCUT2D eigenvalue weighted by Gasteiger charge is 2.19. The van der Waals surface area contributed by atoms with Crippen molar-refractivity contribution in [2.75, 3.05) is 6.54 Å². The molecule has 0 fully saturated rings. The van der Waals surface area contributed by atoms with Crippen LogP contribution in [0.3, 0.4) is 0 Å². The van der Waals surface area contributed by atoms with Crippen LogP contribution in [0.4, 0.5) is 0 Å². The minimum atomic E-state index is 0.0900. The molecule has 0 saturated heterocycles. The van der Waals surface area contributed by atoms with E-state index in [9.17, 15) is 4.79 Å². The van der Waals surface area contributed by atoms with Crippen molar-refractivity contribution in [1.29, 1.82) is 0 Å². The molecule has 0 aliphatic heterocycles. The summed E-state index contributed by atoms with van der Waals surface area (Å²) in [5.74, 6) is 0.0900. The van der Waals surface area contributed by atoms with Gasteiger partial charge in [0.15, 0.2) is 0 Å². The van der Waals surface area contributed by atoms with Crippen LogP contribution in [-0.4, -0.2) is 21.9 Å². The molecule has 0 radical (unpaired) electrons. The monoisotopic (exact) mass is 312 g/mol. The first kappa shape index (κ1) is 14.9. The molecule has 2 heterocycles. The second-order valence-electron chi connectivity index (χ2n) is 5.55. The molecule has 0 unspecified atom stereocenters. The van der Waals surface area contributed by atoms with E-state index in [4.69, 9.17) is 0 Å². The fourth-order valence-electron chi connectivity index (χ4n) is 2.75. The van der Waals surface area contributed by atoms with E-state index in [2.05, 4.69) is 31.2 Å². The van der Waals surface area contributed by atoms with Crippen molar-refractivity contribution < 1.29 is 4.79 Å². The largest absolute Gasteiger partial charge is 0.340 e. The zero-order valence-corrected chi connectivity index (χ0v) is 14.0. The Morgan fingerprint density at radius 1 is 1.27 bits per heavy atom. The molecule has 0 bridgehead atoms. The highest BCUT2D eigenvalue weighted by atomic mass is 32.1. The number of amides is 1. The number of nitrogens with zero attached hydrogens (tertiary/aromatic N) is 2. The lowest BCUT2D eigenvalue weighted by atomic mass is 10.2. The summed E-state index contributed by atoms with van der Waals surface area (Å²) < 4.78 is 1.99. The van der Waals surface area contributed by atoms with Gasteiger partial charge in [-0.3, -0.25) is 4.79 Å². The van der Waals surface area contributed by atoms with Crippen LogP contribution < -0.4 is 0 Å². The van der Waals surface area contributed by atoms with E-state index in [1.54, 1.807) is 11.3 Å². The van der Waals surface area contributed by atoms with Gasteiger partial charge in [0.2, 0.25) is 0 Å². The van der Waals surface area contributed by atoms with Crippen LogP contribution in [0.1, 0.15) is 27.9 Å². The van der Waals surface area contributed by atoms with Crippen LogP contribution in [0.25, 0.3) is 10.9 Å². The summed E-state index contributed by atoms with van der Waals surface area (Å²) in [6.45, 7) is 5.48. The Balaban J connectivity index is 1.94. The zero-order valence-electron chi connectivity index (χ0n) is 13.2. The van der Waals surface area contributed by atoms with Crippen molar-refractivity contribution in [1.82, 2.24) is 9.47 Å². The van der Waals surface area contributed by atoms with Gasteiger partial charge in [0, 0.05) is 29.4 Å². The van der Waals surface area contributed by atoms with E-state index in [1.165, 1.54) is 10.4 Å². The first-order chi connectivity index (χ1) is 10.6. The lowest BCUT2D eigenvalue weighted by Crippen LogP contribution is -2.31. The van der Waals surface area contributed by atoms with Crippen LogP contribution in [0.2, 0.25) is 0 Å².